The first-order chi connectivity index (χ1) is 11.8. The Balaban J connectivity index is 1.72. The van der Waals surface area contributed by atoms with Crippen LogP contribution in [-0.2, 0) is 17.1 Å². The fourth-order valence-corrected chi connectivity index (χ4v) is 3.90. The maximum absolute atomic E-state index is 12.0. The molecule has 1 aromatic heterocycles. The molecule has 2 aromatic rings. The van der Waals surface area contributed by atoms with Gasteiger partial charge in [-0.15, -0.1) is 0 Å². The van der Waals surface area contributed by atoms with E-state index in [1.54, 1.807) is 25.4 Å². The quantitative estimate of drug-likeness (QED) is 0.765. The zero-order chi connectivity index (χ0) is 18.2. The highest BCUT2D eigenvalue weighted by Crippen LogP contribution is 2.25. The molecular formula is C15H18BrN5O3S. The van der Waals surface area contributed by atoms with Gasteiger partial charge in [0.15, 0.2) is 0 Å². The van der Waals surface area contributed by atoms with Crippen LogP contribution in [0.15, 0.2) is 44.6 Å². The van der Waals surface area contributed by atoms with Crippen molar-refractivity contribution in [1.82, 2.24) is 9.78 Å². The van der Waals surface area contributed by atoms with Crippen LogP contribution in [0, 0.1) is 0 Å². The van der Waals surface area contributed by atoms with Crippen LogP contribution in [0.3, 0.4) is 0 Å². The van der Waals surface area contributed by atoms with Crippen LogP contribution < -0.4 is 20.5 Å². The molecule has 0 saturated carbocycles. The maximum atomic E-state index is 12.0. The second-order valence-electron chi connectivity index (χ2n) is 5.79. The summed E-state index contributed by atoms with van der Waals surface area (Å²) >= 11 is 3.36. The molecule has 10 heteroatoms. The lowest BCUT2D eigenvalue weighted by molar-refractivity contribution is 0.597. The Hall–Kier alpha value is -1.91. The molecule has 1 aromatic carbocycles. The Bertz CT molecular complexity index is 935. The van der Waals surface area contributed by atoms with Crippen LogP contribution >= 0.6 is 15.9 Å². The number of halogens is 1. The minimum Gasteiger partial charge on any atom is -0.368 e. The van der Waals surface area contributed by atoms with E-state index in [0.29, 0.717) is 4.47 Å². The van der Waals surface area contributed by atoms with Crippen molar-refractivity contribution in [2.45, 2.75) is 4.90 Å². The minimum atomic E-state index is -3.68. The van der Waals surface area contributed by atoms with Gasteiger partial charge in [0.25, 0.3) is 5.56 Å². The molecule has 2 N–H and O–H groups in total. The molecule has 25 heavy (non-hydrogen) atoms. The van der Waals surface area contributed by atoms with Crippen LogP contribution in [0.4, 0.5) is 11.4 Å². The number of aryl methyl sites for hydroxylation is 1. The smallest absolute Gasteiger partial charge is 0.282 e. The second-order valence-corrected chi connectivity index (χ2v) is 8.14. The van der Waals surface area contributed by atoms with E-state index < -0.39 is 10.0 Å². The highest BCUT2D eigenvalue weighted by molar-refractivity contribution is 9.10. The predicted molar refractivity (Wildman–Crippen MR) is 99.4 cm³/mol. The number of benzene rings is 1. The topological polar surface area (TPSA) is 102 Å². The fourth-order valence-electron chi connectivity index (χ4n) is 2.77. The van der Waals surface area contributed by atoms with Gasteiger partial charge >= 0.3 is 0 Å². The molecule has 2 heterocycles. The first kappa shape index (κ1) is 17.9. The Morgan fingerprint density at radius 3 is 2.20 bits per heavy atom. The van der Waals surface area contributed by atoms with E-state index in [-0.39, 0.29) is 10.5 Å². The monoisotopic (exact) mass is 427 g/mol. The molecule has 0 atom stereocenters. The van der Waals surface area contributed by atoms with Crippen molar-refractivity contribution in [2.75, 3.05) is 36.0 Å². The summed E-state index contributed by atoms with van der Waals surface area (Å²) < 4.78 is 24.4. The van der Waals surface area contributed by atoms with Crippen LogP contribution in [-0.4, -0.2) is 44.4 Å². The third kappa shape index (κ3) is 3.70. The van der Waals surface area contributed by atoms with Gasteiger partial charge in [-0.1, -0.05) is 0 Å². The fraction of sp³-hybridized carbons (Fsp3) is 0.333. The van der Waals surface area contributed by atoms with Gasteiger partial charge in [-0.3, -0.25) is 4.79 Å². The van der Waals surface area contributed by atoms with Crippen molar-refractivity contribution in [2.24, 2.45) is 12.2 Å². The standard InChI is InChI=1S/C15H18BrN5O3S/c1-19-15(22)14(16)13(10-18-19)21-8-6-20(7-9-21)11-2-4-12(5-3-11)25(17,23)24/h2-5,10H,6-9H2,1H3,(H2,17,23,24). The molecule has 1 aliphatic heterocycles. The number of nitrogens with two attached hydrogens (primary N) is 1. The van der Waals surface area contributed by atoms with Gasteiger partial charge in [0.2, 0.25) is 10.0 Å². The largest absolute Gasteiger partial charge is 0.368 e. The molecule has 1 saturated heterocycles. The molecule has 8 nitrogen and oxygen atoms in total. The molecule has 3 rings (SSSR count). The number of anilines is 2. The second kappa shape index (κ2) is 6.77. The van der Waals surface area contributed by atoms with Gasteiger partial charge in [0.1, 0.15) is 4.47 Å². The first-order valence-corrected chi connectivity index (χ1v) is 9.96. The van der Waals surface area contributed by atoms with Gasteiger partial charge in [-0.25, -0.2) is 18.2 Å². The molecule has 0 spiro atoms. The number of piperazine rings is 1. The molecular weight excluding hydrogens is 410 g/mol. The number of primary sulfonamides is 1. The van der Waals surface area contributed by atoms with Crippen molar-refractivity contribution >= 4 is 37.3 Å². The summed E-state index contributed by atoms with van der Waals surface area (Å²) in [7, 11) is -2.07. The van der Waals surface area contributed by atoms with Crippen LogP contribution in [0.5, 0.6) is 0 Å². The van der Waals surface area contributed by atoms with Gasteiger partial charge in [0, 0.05) is 38.9 Å². The van der Waals surface area contributed by atoms with E-state index >= 15 is 0 Å². The molecule has 0 bridgehead atoms. The van der Waals surface area contributed by atoms with E-state index in [4.69, 9.17) is 5.14 Å². The Labute approximate surface area is 154 Å². The SMILES string of the molecule is Cn1ncc(N2CCN(c3ccc(S(N)(=O)=O)cc3)CC2)c(Br)c1=O. The van der Waals surface area contributed by atoms with Gasteiger partial charge in [0.05, 0.1) is 16.8 Å². The molecule has 1 fully saturated rings. The van der Waals surface area contributed by atoms with Crippen LogP contribution in [0.25, 0.3) is 0 Å². The molecule has 1 aliphatic rings. The third-order valence-electron chi connectivity index (χ3n) is 4.21. The van der Waals surface area contributed by atoms with Crippen molar-refractivity contribution in [1.29, 1.82) is 0 Å². The summed E-state index contributed by atoms with van der Waals surface area (Å²) in [5.74, 6) is 0. The molecule has 0 aliphatic carbocycles. The lowest BCUT2D eigenvalue weighted by Gasteiger charge is -2.37. The number of nitrogens with zero attached hydrogens (tertiary/aromatic N) is 4. The van der Waals surface area contributed by atoms with Gasteiger partial charge < -0.3 is 9.80 Å². The van der Waals surface area contributed by atoms with Crippen LogP contribution in [0.2, 0.25) is 0 Å². The Kier molecular flexibility index (Phi) is 4.85. The number of rotatable bonds is 3. The lowest BCUT2D eigenvalue weighted by atomic mass is 10.2. The van der Waals surface area contributed by atoms with E-state index in [0.717, 1.165) is 37.6 Å². The van der Waals surface area contributed by atoms with Crippen LogP contribution in [0.1, 0.15) is 0 Å². The van der Waals surface area contributed by atoms with E-state index in [2.05, 4.69) is 30.8 Å². The van der Waals surface area contributed by atoms with Crippen molar-refractivity contribution in [3.63, 3.8) is 0 Å². The average molecular weight is 428 g/mol. The average Bonchev–Trinajstić information content (AvgIpc) is 2.59. The van der Waals surface area contributed by atoms with E-state index in [1.165, 1.54) is 16.8 Å². The minimum absolute atomic E-state index is 0.102. The number of hydrogen-bond donors (Lipinski definition) is 1. The Morgan fingerprint density at radius 2 is 1.64 bits per heavy atom. The van der Waals surface area contributed by atoms with Crippen molar-refractivity contribution in [3.05, 3.63) is 45.3 Å². The van der Waals surface area contributed by atoms with Gasteiger partial charge in [-0.05, 0) is 40.2 Å². The highest BCUT2D eigenvalue weighted by Gasteiger charge is 2.21. The van der Waals surface area contributed by atoms with Crippen molar-refractivity contribution < 1.29 is 8.42 Å². The zero-order valence-electron chi connectivity index (χ0n) is 13.6. The predicted octanol–water partition coefficient (Wildman–Crippen LogP) is 0.517. The Morgan fingerprint density at radius 1 is 1.08 bits per heavy atom. The molecule has 0 amide bonds. The molecule has 0 radical (unpaired) electrons. The molecule has 0 unspecified atom stereocenters. The van der Waals surface area contributed by atoms with Crippen molar-refractivity contribution in [3.8, 4) is 0 Å². The van der Waals surface area contributed by atoms with Gasteiger partial charge in [-0.2, -0.15) is 5.10 Å². The number of aromatic nitrogens is 2. The lowest BCUT2D eigenvalue weighted by Crippen LogP contribution is -2.47. The third-order valence-corrected chi connectivity index (χ3v) is 5.89. The zero-order valence-corrected chi connectivity index (χ0v) is 16.0. The normalized spacial score (nSPS) is 15.5. The first-order valence-electron chi connectivity index (χ1n) is 7.62. The summed E-state index contributed by atoms with van der Waals surface area (Å²) in [5.41, 5.74) is 1.55. The molecule has 134 valence electrons. The summed E-state index contributed by atoms with van der Waals surface area (Å²) in [4.78, 5) is 16.4. The summed E-state index contributed by atoms with van der Waals surface area (Å²) in [6.45, 7) is 2.95. The highest BCUT2D eigenvalue weighted by atomic mass is 79.9. The summed E-state index contributed by atoms with van der Waals surface area (Å²) in [6.07, 6.45) is 1.68. The summed E-state index contributed by atoms with van der Waals surface area (Å²) in [5, 5.41) is 9.19. The number of hydrogen-bond acceptors (Lipinski definition) is 6. The summed E-state index contributed by atoms with van der Waals surface area (Å²) in [6, 6.07) is 6.53. The number of sulfonamides is 1. The van der Waals surface area contributed by atoms with E-state index in [9.17, 15) is 13.2 Å². The maximum Gasteiger partial charge on any atom is 0.282 e. The van der Waals surface area contributed by atoms with E-state index in [1.807, 2.05) is 0 Å².